The highest BCUT2D eigenvalue weighted by atomic mass is 15.3. The van der Waals surface area contributed by atoms with Crippen LogP contribution in [0.15, 0.2) is 9.98 Å². The zero-order valence-electron chi connectivity index (χ0n) is 9.40. The standard InChI is InChI=1S/C10H20N4/c1-4-5-12-10(11-2)14-8-6-13(3)7-9-14/h5H,4,6-9H2,1-3H3/b11-10?,12-5-. The average Bonchev–Trinajstić information content (AvgIpc) is 2.21. The van der Waals surface area contributed by atoms with Crippen LogP contribution in [0.2, 0.25) is 0 Å². The molecule has 0 unspecified atom stereocenters. The third-order valence-corrected chi connectivity index (χ3v) is 2.38. The molecule has 4 heteroatoms. The van der Waals surface area contributed by atoms with Gasteiger partial charge in [-0.15, -0.1) is 0 Å². The summed E-state index contributed by atoms with van der Waals surface area (Å²) in [6.45, 7) is 6.34. The second-order valence-corrected chi connectivity index (χ2v) is 3.53. The fourth-order valence-corrected chi connectivity index (χ4v) is 1.46. The van der Waals surface area contributed by atoms with Crippen molar-refractivity contribution in [1.29, 1.82) is 0 Å². The van der Waals surface area contributed by atoms with Crippen molar-refractivity contribution in [2.45, 2.75) is 13.3 Å². The lowest BCUT2D eigenvalue weighted by Crippen LogP contribution is -2.46. The van der Waals surface area contributed by atoms with Crippen LogP contribution in [0.5, 0.6) is 0 Å². The van der Waals surface area contributed by atoms with Gasteiger partial charge in [-0.05, 0) is 13.5 Å². The van der Waals surface area contributed by atoms with E-state index < -0.39 is 0 Å². The molecule has 0 atom stereocenters. The van der Waals surface area contributed by atoms with Crippen molar-refractivity contribution >= 4 is 12.2 Å². The molecule has 4 nitrogen and oxygen atoms in total. The molecule has 14 heavy (non-hydrogen) atoms. The third-order valence-electron chi connectivity index (χ3n) is 2.38. The minimum absolute atomic E-state index is 0.875. The van der Waals surface area contributed by atoms with E-state index in [1.165, 1.54) is 0 Å². The smallest absolute Gasteiger partial charge is 0.220 e. The number of likely N-dealkylation sites (N-methyl/N-ethyl adjacent to an activating group) is 1. The quantitative estimate of drug-likeness (QED) is 0.456. The summed E-state index contributed by atoms with van der Waals surface area (Å²) in [6, 6.07) is 0. The molecule has 0 bridgehead atoms. The van der Waals surface area contributed by atoms with Gasteiger partial charge in [0.2, 0.25) is 5.96 Å². The second kappa shape index (κ2) is 5.75. The first-order valence-corrected chi connectivity index (χ1v) is 5.20. The molecule has 1 aliphatic rings. The molecular formula is C10H20N4. The molecule has 0 aromatic rings. The number of aliphatic imine (C=N–C) groups is 2. The van der Waals surface area contributed by atoms with Crippen molar-refractivity contribution in [3.05, 3.63) is 0 Å². The monoisotopic (exact) mass is 196 g/mol. The normalized spacial score (nSPS) is 20.8. The number of hydrogen-bond donors (Lipinski definition) is 0. The summed E-state index contributed by atoms with van der Waals surface area (Å²) in [6.07, 6.45) is 2.88. The molecule has 1 saturated heterocycles. The molecule has 80 valence electrons. The van der Waals surface area contributed by atoms with Crippen molar-refractivity contribution in [2.24, 2.45) is 9.98 Å². The van der Waals surface area contributed by atoms with Gasteiger partial charge in [-0.25, -0.2) is 4.99 Å². The Balaban J connectivity index is 2.50. The van der Waals surface area contributed by atoms with Gasteiger partial charge < -0.3 is 9.80 Å². The fourth-order valence-electron chi connectivity index (χ4n) is 1.46. The van der Waals surface area contributed by atoms with Gasteiger partial charge in [0.1, 0.15) is 0 Å². The first-order valence-electron chi connectivity index (χ1n) is 5.20. The molecule has 1 rings (SSSR count). The highest BCUT2D eigenvalue weighted by molar-refractivity contribution is 5.87. The van der Waals surface area contributed by atoms with Gasteiger partial charge in [0.15, 0.2) is 0 Å². The molecule has 0 aliphatic carbocycles. The van der Waals surface area contributed by atoms with Crippen LogP contribution in [0.3, 0.4) is 0 Å². The third kappa shape index (κ3) is 3.10. The van der Waals surface area contributed by atoms with Crippen molar-refractivity contribution < 1.29 is 0 Å². The van der Waals surface area contributed by atoms with Gasteiger partial charge in [0.25, 0.3) is 0 Å². The second-order valence-electron chi connectivity index (χ2n) is 3.53. The molecule has 1 heterocycles. The lowest BCUT2D eigenvalue weighted by molar-refractivity contribution is 0.214. The zero-order valence-corrected chi connectivity index (χ0v) is 9.40. The van der Waals surface area contributed by atoms with Crippen LogP contribution in [0, 0.1) is 0 Å². The van der Waals surface area contributed by atoms with E-state index in [4.69, 9.17) is 0 Å². The van der Waals surface area contributed by atoms with Gasteiger partial charge in [0.05, 0.1) is 0 Å². The Morgan fingerprint density at radius 3 is 2.43 bits per heavy atom. The molecule has 0 amide bonds. The minimum Gasteiger partial charge on any atom is -0.339 e. The Morgan fingerprint density at radius 2 is 1.93 bits per heavy atom. The Labute approximate surface area is 86.3 Å². The van der Waals surface area contributed by atoms with Crippen LogP contribution >= 0.6 is 0 Å². The van der Waals surface area contributed by atoms with Gasteiger partial charge >= 0.3 is 0 Å². The summed E-state index contributed by atoms with van der Waals surface area (Å²) in [5.41, 5.74) is 0. The SMILES string of the molecule is CC/C=N\C(=NC)N1CCN(C)CC1. The molecule has 0 aromatic heterocycles. The van der Waals surface area contributed by atoms with Gasteiger partial charge in [-0.1, -0.05) is 6.92 Å². The highest BCUT2D eigenvalue weighted by Gasteiger charge is 2.15. The summed E-state index contributed by atoms with van der Waals surface area (Å²) in [7, 11) is 3.95. The lowest BCUT2D eigenvalue weighted by atomic mass is 10.3. The van der Waals surface area contributed by atoms with Crippen molar-refractivity contribution in [2.75, 3.05) is 40.3 Å². The Morgan fingerprint density at radius 1 is 1.29 bits per heavy atom. The fraction of sp³-hybridized carbons (Fsp3) is 0.800. The highest BCUT2D eigenvalue weighted by Crippen LogP contribution is 2.01. The van der Waals surface area contributed by atoms with Crippen molar-refractivity contribution in [3.8, 4) is 0 Å². The number of hydrogen-bond acceptors (Lipinski definition) is 2. The lowest BCUT2D eigenvalue weighted by Gasteiger charge is -2.32. The van der Waals surface area contributed by atoms with E-state index in [-0.39, 0.29) is 0 Å². The van der Waals surface area contributed by atoms with Crippen LogP contribution in [0.4, 0.5) is 0 Å². The first kappa shape index (κ1) is 11.2. The largest absolute Gasteiger partial charge is 0.339 e. The summed E-state index contributed by atoms with van der Waals surface area (Å²) < 4.78 is 0. The Kier molecular flexibility index (Phi) is 4.59. The average molecular weight is 196 g/mol. The number of piperazine rings is 1. The predicted octanol–water partition coefficient (Wildman–Crippen LogP) is 0.700. The van der Waals surface area contributed by atoms with Crippen LogP contribution in [0.25, 0.3) is 0 Å². The van der Waals surface area contributed by atoms with E-state index in [0.29, 0.717) is 0 Å². The summed E-state index contributed by atoms with van der Waals surface area (Å²) >= 11 is 0. The van der Waals surface area contributed by atoms with Crippen LogP contribution in [0.1, 0.15) is 13.3 Å². The summed E-state index contributed by atoms with van der Waals surface area (Å²) in [4.78, 5) is 13.1. The molecule has 0 spiro atoms. The van der Waals surface area contributed by atoms with E-state index in [1.54, 1.807) is 7.05 Å². The number of nitrogens with zero attached hydrogens (tertiary/aromatic N) is 4. The Bertz CT molecular complexity index is 214. The molecule has 1 aliphatic heterocycles. The minimum atomic E-state index is 0.875. The van der Waals surface area contributed by atoms with Crippen LogP contribution in [-0.4, -0.2) is 62.2 Å². The van der Waals surface area contributed by atoms with Gasteiger partial charge in [-0.3, -0.25) is 4.99 Å². The van der Waals surface area contributed by atoms with Crippen LogP contribution in [-0.2, 0) is 0 Å². The number of rotatable bonds is 1. The summed E-state index contributed by atoms with van der Waals surface area (Å²) in [5, 5.41) is 0. The van der Waals surface area contributed by atoms with Crippen molar-refractivity contribution in [1.82, 2.24) is 9.80 Å². The molecular weight excluding hydrogens is 176 g/mol. The molecule has 0 saturated carbocycles. The molecule has 0 aromatic carbocycles. The van der Waals surface area contributed by atoms with E-state index >= 15 is 0 Å². The Hall–Kier alpha value is -0.900. The predicted molar refractivity (Wildman–Crippen MR) is 61.2 cm³/mol. The van der Waals surface area contributed by atoms with Gasteiger partial charge in [0, 0.05) is 39.4 Å². The molecule has 1 fully saturated rings. The van der Waals surface area contributed by atoms with Crippen molar-refractivity contribution in [3.63, 3.8) is 0 Å². The zero-order chi connectivity index (χ0) is 10.4. The first-order chi connectivity index (χ1) is 6.77. The van der Waals surface area contributed by atoms with E-state index in [9.17, 15) is 0 Å². The summed E-state index contributed by atoms with van der Waals surface area (Å²) in [5.74, 6) is 0.875. The maximum atomic E-state index is 4.34. The van der Waals surface area contributed by atoms with E-state index in [0.717, 1.165) is 38.6 Å². The van der Waals surface area contributed by atoms with E-state index in [2.05, 4.69) is 33.8 Å². The van der Waals surface area contributed by atoms with E-state index in [1.807, 2.05) is 6.21 Å². The topological polar surface area (TPSA) is 31.2 Å². The molecule has 0 N–H and O–H groups in total. The molecule has 0 radical (unpaired) electrons. The number of guanidine groups is 1. The maximum Gasteiger partial charge on any atom is 0.220 e. The van der Waals surface area contributed by atoms with Gasteiger partial charge in [-0.2, -0.15) is 0 Å². The maximum absolute atomic E-state index is 4.34. The van der Waals surface area contributed by atoms with Crippen LogP contribution < -0.4 is 0 Å².